The van der Waals surface area contributed by atoms with E-state index in [4.69, 9.17) is 22.2 Å². The second kappa shape index (κ2) is 13.4. The van der Waals surface area contributed by atoms with Crippen molar-refractivity contribution in [1.29, 1.82) is 0 Å². The first-order valence-electron chi connectivity index (χ1n) is 12.7. The number of anilines is 2. The Hall–Kier alpha value is -4.48. The molecule has 44 heavy (non-hydrogen) atoms. The highest BCUT2D eigenvalue weighted by Gasteiger charge is 2.34. The average molecular weight is 658 g/mol. The zero-order valence-electron chi connectivity index (χ0n) is 22.5. The zero-order chi connectivity index (χ0) is 32.1. The van der Waals surface area contributed by atoms with Crippen LogP contribution >= 0.6 is 11.6 Å². The molecule has 4 rings (SSSR count). The van der Waals surface area contributed by atoms with E-state index in [1.807, 2.05) is 0 Å². The summed E-state index contributed by atoms with van der Waals surface area (Å²) in [6, 6.07) is 11.7. The Balaban J connectivity index is 1.46. The number of nitrogens with two attached hydrogens (primary N) is 1. The van der Waals surface area contributed by atoms with Crippen LogP contribution in [-0.2, 0) is 25.8 Å². The Kier molecular flexibility index (Phi) is 9.91. The van der Waals surface area contributed by atoms with Crippen LogP contribution in [0.5, 0.6) is 0 Å². The van der Waals surface area contributed by atoms with Gasteiger partial charge in [-0.05, 0) is 42.5 Å². The average Bonchev–Trinajstić information content (AvgIpc) is 3.45. The van der Waals surface area contributed by atoms with Crippen LogP contribution in [0.25, 0.3) is 0 Å². The van der Waals surface area contributed by atoms with Crippen molar-refractivity contribution in [2.45, 2.75) is 23.6 Å². The summed E-state index contributed by atoms with van der Waals surface area (Å²) in [6.07, 6.45) is -5.21. The lowest BCUT2D eigenvalue weighted by molar-refractivity contribution is -0.137. The summed E-state index contributed by atoms with van der Waals surface area (Å²) >= 11 is 5.93. The number of hydrogen-bond acceptors (Lipinski definition) is 8. The first-order valence-corrected chi connectivity index (χ1v) is 14.5. The van der Waals surface area contributed by atoms with Crippen molar-refractivity contribution in [3.8, 4) is 0 Å². The number of para-hydroxylation sites is 1. The molecule has 0 aliphatic carbocycles. The number of halogens is 5. The van der Waals surface area contributed by atoms with Crippen molar-refractivity contribution >= 4 is 50.8 Å². The van der Waals surface area contributed by atoms with Crippen LogP contribution in [0.2, 0.25) is 5.02 Å². The summed E-state index contributed by atoms with van der Waals surface area (Å²) in [5, 5.41) is 6.89. The molecule has 0 saturated carbocycles. The molecular formula is C26H24ClF4N7O5S. The van der Waals surface area contributed by atoms with E-state index < -0.39 is 45.6 Å². The molecule has 1 aliphatic heterocycles. The second-order valence-corrected chi connectivity index (χ2v) is 11.6. The number of carbonyl (C=O) groups excluding carboxylic acids is 2. The lowest BCUT2D eigenvalue weighted by Crippen LogP contribution is -2.51. The van der Waals surface area contributed by atoms with Crippen molar-refractivity contribution in [3.05, 3.63) is 83.3 Å². The molecule has 2 heterocycles. The Labute approximate surface area is 253 Å². The smallest absolute Gasteiger partial charge is 0.390 e. The molecule has 4 N–H and O–H groups in total. The van der Waals surface area contributed by atoms with Crippen molar-refractivity contribution in [1.82, 2.24) is 14.7 Å². The second-order valence-electron chi connectivity index (χ2n) is 9.22. The number of pyridine rings is 1. The maximum absolute atomic E-state index is 13.5. The fraction of sp³-hybridized carbons (Fsp3) is 0.231. The molecule has 234 valence electrons. The molecule has 3 aromatic rings. The molecule has 18 heteroatoms. The van der Waals surface area contributed by atoms with Crippen molar-refractivity contribution in [2.75, 3.05) is 30.0 Å². The third-order valence-electron chi connectivity index (χ3n) is 6.12. The van der Waals surface area contributed by atoms with Gasteiger partial charge in [-0.15, -0.1) is 0 Å². The van der Waals surface area contributed by atoms with Crippen LogP contribution in [0.1, 0.15) is 12.0 Å². The van der Waals surface area contributed by atoms with Crippen LogP contribution < -0.4 is 21.5 Å². The highest BCUT2D eigenvalue weighted by Crippen LogP contribution is 2.32. The molecule has 0 bridgehead atoms. The number of nitrogens with one attached hydrogen (secondary N) is 2. The molecule has 1 aromatic heterocycles. The van der Waals surface area contributed by atoms with Gasteiger partial charge >= 0.3 is 12.2 Å². The predicted molar refractivity (Wildman–Crippen MR) is 151 cm³/mol. The van der Waals surface area contributed by atoms with E-state index in [0.717, 1.165) is 33.6 Å². The highest BCUT2D eigenvalue weighted by molar-refractivity contribution is 7.89. The van der Waals surface area contributed by atoms with Gasteiger partial charge in [0.05, 0.1) is 27.7 Å². The summed E-state index contributed by atoms with van der Waals surface area (Å²) in [5.41, 5.74) is 6.76. The van der Waals surface area contributed by atoms with Crippen LogP contribution in [0, 0.1) is 5.82 Å². The number of urea groups is 1. The molecule has 0 saturated heterocycles. The lowest BCUT2D eigenvalue weighted by atomic mass is 10.1. The van der Waals surface area contributed by atoms with Gasteiger partial charge in [0.25, 0.3) is 5.91 Å². The van der Waals surface area contributed by atoms with E-state index in [1.54, 1.807) is 18.2 Å². The summed E-state index contributed by atoms with van der Waals surface area (Å²) < 4.78 is 80.2. The predicted octanol–water partition coefficient (Wildman–Crippen LogP) is 3.76. The number of rotatable bonds is 10. The van der Waals surface area contributed by atoms with Crippen molar-refractivity contribution in [2.24, 2.45) is 10.9 Å². The van der Waals surface area contributed by atoms with Crippen LogP contribution in [0.4, 0.5) is 33.9 Å². The minimum Gasteiger partial charge on any atom is -0.390 e. The molecular weight excluding hydrogens is 634 g/mol. The summed E-state index contributed by atoms with van der Waals surface area (Å²) in [4.78, 5) is 33.5. The normalized spacial score (nSPS) is 15.0. The first-order chi connectivity index (χ1) is 20.8. The number of hydrogen-bond donors (Lipinski definition) is 3. The molecule has 0 spiro atoms. The van der Waals surface area contributed by atoms with Gasteiger partial charge in [-0.25, -0.2) is 27.6 Å². The fourth-order valence-electron chi connectivity index (χ4n) is 3.96. The van der Waals surface area contributed by atoms with Gasteiger partial charge < -0.3 is 15.9 Å². The van der Waals surface area contributed by atoms with Gasteiger partial charge in [-0.3, -0.25) is 10.2 Å². The van der Waals surface area contributed by atoms with E-state index in [-0.39, 0.29) is 53.2 Å². The number of alkyl halides is 3. The molecule has 0 radical (unpaired) electrons. The van der Waals surface area contributed by atoms with Crippen molar-refractivity contribution < 1.29 is 40.4 Å². The van der Waals surface area contributed by atoms with Crippen LogP contribution in [-0.4, -0.2) is 61.1 Å². The molecule has 2 aromatic carbocycles. The number of nitrogens with zero attached hydrogens (tertiary/aromatic N) is 4. The van der Waals surface area contributed by atoms with E-state index in [2.05, 4.69) is 20.9 Å². The van der Waals surface area contributed by atoms with Gasteiger partial charge in [0, 0.05) is 25.7 Å². The molecule has 1 unspecified atom stereocenters. The summed E-state index contributed by atoms with van der Waals surface area (Å²) in [5.74, 6) is -1.60. The van der Waals surface area contributed by atoms with Gasteiger partial charge in [0.15, 0.2) is 0 Å². The molecule has 0 fully saturated rings. The molecule has 1 aliphatic rings. The highest BCUT2D eigenvalue weighted by atomic mass is 35.5. The Morgan fingerprint density at radius 2 is 1.80 bits per heavy atom. The number of oxime groups is 1. The summed E-state index contributed by atoms with van der Waals surface area (Å²) in [6.45, 7) is -0.776. The standard InChI is InChI=1S/C26H24ClF4N7O5S/c27-21-12-16(26(29,30)31)14-34-23(21)33-10-11-37(44(41,42)20-8-6-17(28)7-9-20)15-19-13-22(36-43-19)24(39)35-38(25(32)40)18-4-2-1-3-5-18/h1-9,12,14,19H,10-11,13,15H2,(H2,32,40)(H,33,34)(H,35,39). The third kappa shape index (κ3) is 7.91. The Bertz CT molecular complexity index is 1640. The number of carbonyl (C=O) groups is 2. The van der Waals surface area contributed by atoms with Crippen molar-refractivity contribution in [3.63, 3.8) is 0 Å². The minimum atomic E-state index is -4.66. The number of benzene rings is 2. The fourth-order valence-corrected chi connectivity index (χ4v) is 5.67. The monoisotopic (exact) mass is 657 g/mol. The Morgan fingerprint density at radius 3 is 2.41 bits per heavy atom. The van der Waals surface area contributed by atoms with Gasteiger partial charge in [0.2, 0.25) is 10.0 Å². The van der Waals surface area contributed by atoms with E-state index in [9.17, 15) is 35.6 Å². The topological polar surface area (TPSA) is 159 Å². The van der Waals surface area contributed by atoms with Gasteiger partial charge in [-0.1, -0.05) is 35.0 Å². The van der Waals surface area contributed by atoms with Crippen LogP contribution in [0.15, 0.2) is 76.9 Å². The lowest BCUT2D eigenvalue weighted by Gasteiger charge is -2.24. The van der Waals surface area contributed by atoms with Crippen LogP contribution in [0.3, 0.4) is 0 Å². The number of sulfonamides is 1. The third-order valence-corrected chi connectivity index (χ3v) is 8.29. The Morgan fingerprint density at radius 1 is 1.11 bits per heavy atom. The number of primary amides is 1. The SMILES string of the molecule is NC(=O)N(NC(=O)C1=NOC(CN(CCNc2ncc(C(F)(F)F)cc2Cl)S(=O)(=O)c2ccc(F)cc2)C1)c1ccccc1. The van der Waals surface area contributed by atoms with E-state index >= 15 is 0 Å². The van der Waals surface area contributed by atoms with Gasteiger partial charge in [-0.2, -0.15) is 17.5 Å². The number of aromatic nitrogens is 1. The van der Waals surface area contributed by atoms with E-state index in [1.165, 1.54) is 12.1 Å². The zero-order valence-corrected chi connectivity index (χ0v) is 24.0. The quantitative estimate of drug-likeness (QED) is 0.221. The maximum Gasteiger partial charge on any atom is 0.417 e. The van der Waals surface area contributed by atoms with Gasteiger partial charge in [0.1, 0.15) is 23.5 Å². The molecule has 3 amide bonds. The molecule has 12 nitrogen and oxygen atoms in total. The number of hydrazine groups is 1. The minimum absolute atomic E-state index is 0.115. The molecule has 1 atom stereocenters. The number of amides is 3. The largest absolute Gasteiger partial charge is 0.417 e. The maximum atomic E-state index is 13.5. The van der Waals surface area contributed by atoms with E-state index in [0.29, 0.717) is 12.3 Å². The first kappa shape index (κ1) is 32.4. The summed E-state index contributed by atoms with van der Waals surface area (Å²) in [7, 11) is -4.28.